The lowest BCUT2D eigenvalue weighted by Crippen LogP contribution is -1.91. The van der Waals surface area contributed by atoms with Crippen molar-refractivity contribution >= 4 is 16.5 Å². The molecule has 6 heteroatoms. The highest BCUT2D eigenvalue weighted by Crippen LogP contribution is 2.33. The molecule has 16 heavy (non-hydrogen) atoms. The van der Waals surface area contributed by atoms with Crippen molar-refractivity contribution in [1.82, 2.24) is 14.5 Å². The van der Waals surface area contributed by atoms with Gasteiger partial charge < -0.3 is 9.84 Å². The fourth-order valence-corrected chi connectivity index (χ4v) is 2.10. The van der Waals surface area contributed by atoms with E-state index in [1.807, 2.05) is 27.8 Å². The van der Waals surface area contributed by atoms with Crippen molar-refractivity contribution in [3.05, 3.63) is 11.5 Å². The molecule has 86 valence electrons. The second-order valence-electron chi connectivity index (χ2n) is 3.83. The summed E-state index contributed by atoms with van der Waals surface area (Å²) in [5, 5.41) is 7.99. The summed E-state index contributed by atoms with van der Waals surface area (Å²) >= 11 is 1.40. The van der Waals surface area contributed by atoms with Gasteiger partial charge in [0.2, 0.25) is 0 Å². The van der Waals surface area contributed by atoms with E-state index in [2.05, 4.69) is 19.8 Å². The molecule has 2 aromatic heterocycles. The highest BCUT2D eigenvalue weighted by Gasteiger charge is 2.19. The third kappa shape index (κ3) is 1.80. The molecule has 0 aliphatic heterocycles. The fraction of sp³-hybridized carbons (Fsp3) is 0.500. The molecule has 2 rings (SSSR count). The first-order valence-electron chi connectivity index (χ1n) is 5.11. The van der Waals surface area contributed by atoms with Crippen molar-refractivity contribution in [2.24, 2.45) is 0 Å². The second-order valence-corrected chi connectivity index (χ2v) is 4.61. The number of anilines is 1. The number of aromatic nitrogens is 3. The first kappa shape index (κ1) is 11.1. The van der Waals surface area contributed by atoms with E-state index in [9.17, 15) is 0 Å². The molecule has 0 aliphatic rings. The lowest BCUT2D eigenvalue weighted by atomic mass is 10.2. The average molecular weight is 238 g/mol. The van der Waals surface area contributed by atoms with Crippen LogP contribution in [0, 0.1) is 6.92 Å². The van der Waals surface area contributed by atoms with Gasteiger partial charge in [0.25, 0.3) is 5.89 Å². The highest BCUT2D eigenvalue weighted by atomic mass is 32.1. The first-order chi connectivity index (χ1) is 7.63. The molecule has 0 atom stereocenters. The van der Waals surface area contributed by atoms with Crippen molar-refractivity contribution in [2.75, 3.05) is 12.4 Å². The normalized spacial score (nSPS) is 11.1. The van der Waals surface area contributed by atoms with Gasteiger partial charge in [-0.1, -0.05) is 19.0 Å². The third-order valence-corrected chi connectivity index (χ3v) is 3.22. The van der Waals surface area contributed by atoms with E-state index in [1.165, 1.54) is 11.5 Å². The second kappa shape index (κ2) is 4.21. The minimum atomic E-state index is 0.266. The van der Waals surface area contributed by atoms with Gasteiger partial charge in [0, 0.05) is 13.0 Å². The Morgan fingerprint density at radius 2 is 2.12 bits per heavy atom. The van der Waals surface area contributed by atoms with Crippen LogP contribution in [0.5, 0.6) is 0 Å². The Kier molecular flexibility index (Phi) is 2.91. The maximum atomic E-state index is 5.26. The summed E-state index contributed by atoms with van der Waals surface area (Å²) in [4.78, 5) is 4.37. The third-order valence-electron chi connectivity index (χ3n) is 2.26. The van der Waals surface area contributed by atoms with Crippen molar-refractivity contribution in [1.29, 1.82) is 0 Å². The smallest absolute Gasteiger partial charge is 0.262 e. The van der Waals surface area contributed by atoms with Crippen LogP contribution in [0.4, 0.5) is 5.00 Å². The molecule has 0 amide bonds. The summed E-state index contributed by atoms with van der Waals surface area (Å²) in [6.07, 6.45) is 0. The molecule has 2 aromatic rings. The standard InChI is InChI=1S/C10H14N4OS/c1-5(2)8-12-9(15-13-8)7-6(3)14-16-10(7)11-4/h5,11H,1-4H3. The van der Waals surface area contributed by atoms with Crippen molar-refractivity contribution in [3.63, 3.8) is 0 Å². The van der Waals surface area contributed by atoms with Gasteiger partial charge in [-0.2, -0.15) is 9.36 Å². The van der Waals surface area contributed by atoms with Crippen molar-refractivity contribution in [3.8, 4) is 11.5 Å². The highest BCUT2D eigenvalue weighted by molar-refractivity contribution is 7.10. The molecule has 0 aromatic carbocycles. The van der Waals surface area contributed by atoms with Gasteiger partial charge in [-0.25, -0.2) is 0 Å². The van der Waals surface area contributed by atoms with Crippen LogP contribution in [0.25, 0.3) is 11.5 Å². The van der Waals surface area contributed by atoms with Crippen LogP contribution in [0.2, 0.25) is 0 Å². The van der Waals surface area contributed by atoms with Crippen LogP contribution in [0.3, 0.4) is 0 Å². The first-order valence-corrected chi connectivity index (χ1v) is 5.88. The molecule has 2 heterocycles. The predicted molar refractivity (Wildman–Crippen MR) is 63.8 cm³/mol. The van der Waals surface area contributed by atoms with Crippen LogP contribution in [-0.4, -0.2) is 21.6 Å². The minimum absolute atomic E-state index is 0.266. The van der Waals surface area contributed by atoms with E-state index < -0.39 is 0 Å². The largest absolute Gasteiger partial charge is 0.378 e. The lowest BCUT2D eigenvalue weighted by Gasteiger charge is -1.97. The van der Waals surface area contributed by atoms with E-state index in [0.717, 1.165) is 22.1 Å². The predicted octanol–water partition coefficient (Wildman–Crippen LogP) is 2.67. The van der Waals surface area contributed by atoms with E-state index >= 15 is 0 Å². The van der Waals surface area contributed by atoms with E-state index in [4.69, 9.17) is 4.52 Å². The van der Waals surface area contributed by atoms with Crippen molar-refractivity contribution in [2.45, 2.75) is 26.7 Å². The van der Waals surface area contributed by atoms with Gasteiger partial charge in [0.1, 0.15) is 5.00 Å². The molecule has 5 nitrogen and oxygen atoms in total. The summed E-state index contributed by atoms with van der Waals surface area (Å²) in [6, 6.07) is 0. The molecule has 0 radical (unpaired) electrons. The van der Waals surface area contributed by atoms with Gasteiger partial charge >= 0.3 is 0 Å². The summed E-state index contributed by atoms with van der Waals surface area (Å²) in [5.74, 6) is 1.53. The van der Waals surface area contributed by atoms with Crippen LogP contribution >= 0.6 is 11.5 Å². The van der Waals surface area contributed by atoms with Gasteiger partial charge in [-0.15, -0.1) is 0 Å². The number of hydrogen-bond acceptors (Lipinski definition) is 6. The van der Waals surface area contributed by atoms with Crippen LogP contribution in [0.1, 0.15) is 31.3 Å². The molecule has 0 saturated heterocycles. The zero-order valence-electron chi connectivity index (χ0n) is 9.74. The SMILES string of the molecule is CNc1snc(C)c1-c1nc(C(C)C)no1. The number of nitrogens with zero attached hydrogens (tertiary/aromatic N) is 3. The Bertz CT molecular complexity index is 489. The summed E-state index contributed by atoms with van der Waals surface area (Å²) in [5.41, 5.74) is 1.82. The molecular formula is C10H14N4OS. The molecule has 0 fully saturated rings. The summed E-state index contributed by atoms with van der Waals surface area (Å²) in [6.45, 7) is 6.00. The van der Waals surface area contributed by atoms with E-state index in [1.54, 1.807) is 0 Å². The lowest BCUT2D eigenvalue weighted by molar-refractivity contribution is 0.419. The van der Waals surface area contributed by atoms with Gasteiger partial charge in [-0.3, -0.25) is 0 Å². The number of rotatable bonds is 3. The molecule has 0 saturated carbocycles. The van der Waals surface area contributed by atoms with E-state index in [-0.39, 0.29) is 5.92 Å². The molecule has 0 spiro atoms. The van der Waals surface area contributed by atoms with Crippen LogP contribution in [-0.2, 0) is 0 Å². The van der Waals surface area contributed by atoms with Crippen LogP contribution in [0.15, 0.2) is 4.52 Å². The molecule has 0 bridgehead atoms. The topological polar surface area (TPSA) is 63.8 Å². The Labute approximate surface area is 98.0 Å². The molecule has 1 N–H and O–H groups in total. The molecule has 0 unspecified atom stereocenters. The summed E-state index contributed by atoms with van der Waals surface area (Å²) < 4.78 is 9.53. The maximum absolute atomic E-state index is 5.26. The van der Waals surface area contributed by atoms with Crippen LogP contribution < -0.4 is 5.32 Å². The Morgan fingerprint density at radius 3 is 2.69 bits per heavy atom. The number of nitrogens with one attached hydrogen (secondary N) is 1. The zero-order valence-corrected chi connectivity index (χ0v) is 10.6. The molecule has 0 aliphatic carbocycles. The number of hydrogen-bond donors (Lipinski definition) is 1. The molecular weight excluding hydrogens is 224 g/mol. The Morgan fingerprint density at radius 1 is 1.38 bits per heavy atom. The van der Waals surface area contributed by atoms with Gasteiger partial charge in [0.15, 0.2) is 5.82 Å². The fourth-order valence-electron chi connectivity index (χ4n) is 1.36. The van der Waals surface area contributed by atoms with Crippen molar-refractivity contribution < 1.29 is 4.52 Å². The summed E-state index contributed by atoms with van der Waals surface area (Å²) in [7, 11) is 1.86. The number of aryl methyl sites for hydroxylation is 1. The average Bonchev–Trinajstić information content (AvgIpc) is 2.83. The van der Waals surface area contributed by atoms with E-state index in [0.29, 0.717) is 5.89 Å². The maximum Gasteiger partial charge on any atom is 0.262 e. The Balaban J connectivity index is 2.45. The Hall–Kier alpha value is -1.43. The quantitative estimate of drug-likeness (QED) is 0.890. The van der Waals surface area contributed by atoms with Gasteiger partial charge in [0.05, 0.1) is 11.3 Å². The monoisotopic (exact) mass is 238 g/mol. The van der Waals surface area contributed by atoms with Gasteiger partial charge in [-0.05, 0) is 18.5 Å². The zero-order chi connectivity index (χ0) is 11.7. The minimum Gasteiger partial charge on any atom is -0.378 e.